The Bertz CT molecular complexity index is 234. The molecule has 0 spiro atoms. The molecule has 0 saturated carbocycles. The van der Waals surface area contributed by atoms with E-state index in [9.17, 15) is 4.79 Å². The number of aliphatic hydroxyl groups is 1. The Kier molecular flexibility index (Phi) is 3.02. The second-order valence-corrected chi connectivity index (χ2v) is 5.46. The average molecular weight is 215 g/mol. The lowest BCUT2D eigenvalue weighted by Gasteiger charge is -2.27. The van der Waals surface area contributed by atoms with Gasteiger partial charge in [-0.1, -0.05) is 6.92 Å². The molecule has 1 N–H and O–H groups in total. The molecular formula is C10H17NO2S. The SMILES string of the molecule is CC1CSCC1N1CC(CO)CC1=O. The van der Waals surface area contributed by atoms with Crippen molar-refractivity contribution in [3.63, 3.8) is 0 Å². The van der Waals surface area contributed by atoms with Crippen LogP contribution >= 0.6 is 11.8 Å². The molecule has 3 nitrogen and oxygen atoms in total. The van der Waals surface area contributed by atoms with Crippen molar-refractivity contribution in [1.29, 1.82) is 0 Å². The Morgan fingerprint density at radius 1 is 1.57 bits per heavy atom. The van der Waals surface area contributed by atoms with Crippen LogP contribution in [0.25, 0.3) is 0 Å². The van der Waals surface area contributed by atoms with Gasteiger partial charge in [0.05, 0.1) is 0 Å². The lowest BCUT2D eigenvalue weighted by Crippen LogP contribution is -2.40. The number of amides is 1. The summed E-state index contributed by atoms with van der Waals surface area (Å²) in [4.78, 5) is 13.7. The highest BCUT2D eigenvalue weighted by atomic mass is 32.2. The first-order chi connectivity index (χ1) is 6.72. The largest absolute Gasteiger partial charge is 0.396 e. The molecule has 2 aliphatic rings. The Hall–Kier alpha value is -0.220. The summed E-state index contributed by atoms with van der Waals surface area (Å²) < 4.78 is 0. The molecule has 0 radical (unpaired) electrons. The molecule has 3 unspecified atom stereocenters. The minimum Gasteiger partial charge on any atom is -0.396 e. The number of rotatable bonds is 2. The van der Waals surface area contributed by atoms with Gasteiger partial charge in [0.15, 0.2) is 0 Å². The highest BCUT2D eigenvalue weighted by molar-refractivity contribution is 7.99. The fraction of sp³-hybridized carbons (Fsp3) is 0.900. The summed E-state index contributed by atoms with van der Waals surface area (Å²) in [6.07, 6.45) is 0.546. The summed E-state index contributed by atoms with van der Waals surface area (Å²) in [7, 11) is 0. The number of likely N-dealkylation sites (tertiary alicyclic amines) is 1. The van der Waals surface area contributed by atoms with Crippen molar-refractivity contribution in [2.45, 2.75) is 19.4 Å². The molecule has 2 heterocycles. The number of carbonyl (C=O) groups excluding carboxylic acids is 1. The second-order valence-electron chi connectivity index (χ2n) is 4.38. The third-order valence-electron chi connectivity index (χ3n) is 3.22. The molecule has 80 valence electrons. The van der Waals surface area contributed by atoms with Crippen LogP contribution in [0, 0.1) is 11.8 Å². The van der Waals surface area contributed by atoms with Crippen LogP contribution in [0.15, 0.2) is 0 Å². The van der Waals surface area contributed by atoms with Gasteiger partial charge in [-0.25, -0.2) is 0 Å². The van der Waals surface area contributed by atoms with Gasteiger partial charge in [-0.3, -0.25) is 4.79 Å². The van der Waals surface area contributed by atoms with E-state index in [1.165, 1.54) is 0 Å². The molecule has 2 rings (SSSR count). The topological polar surface area (TPSA) is 40.5 Å². The summed E-state index contributed by atoms with van der Waals surface area (Å²) in [6, 6.07) is 0.420. The number of hydrogen-bond donors (Lipinski definition) is 1. The highest BCUT2D eigenvalue weighted by Crippen LogP contribution is 2.31. The van der Waals surface area contributed by atoms with Crippen LogP contribution in [-0.4, -0.2) is 46.6 Å². The van der Waals surface area contributed by atoms with Crippen molar-refractivity contribution in [3.8, 4) is 0 Å². The Morgan fingerprint density at radius 2 is 2.36 bits per heavy atom. The molecule has 1 amide bonds. The molecular weight excluding hydrogens is 198 g/mol. The van der Waals surface area contributed by atoms with E-state index in [1.54, 1.807) is 0 Å². The summed E-state index contributed by atoms with van der Waals surface area (Å²) in [5.74, 6) is 3.27. The molecule has 0 aromatic heterocycles. The van der Waals surface area contributed by atoms with E-state index < -0.39 is 0 Å². The Labute approximate surface area is 88.9 Å². The fourth-order valence-corrected chi connectivity index (χ4v) is 3.78. The van der Waals surface area contributed by atoms with Crippen LogP contribution in [0.3, 0.4) is 0 Å². The zero-order valence-corrected chi connectivity index (χ0v) is 9.30. The first-order valence-electron chi connectivity index (χ1n) is 5.20. The van der Waals surface area contributed by atoms with Gasteiger partial charge in [-0.15, -0.1) is 0 Å². The summed E-state index contributed by atoms with van der Waals surface area (Å²) in [6.45, 7) is 3.13. The van der Waals surface area contributed by atoms with E-state index in [4.69, 9.17) is 5.11 Å². The normalized spacial score (nSPS) is 38.3. The smallest absolute Gasteiger partial charge is 0.223 e. The van der Waals surface area contributed by atoms with Gasteiger partial charge in [0.25, 0.3) is 0 Å². The van der Waals surface area contributed by atoms with Gasteiger partial charge in [0, 0.05) is 37.3 Å². The third kappa shape index (κ3) is 1.77. The standard InChI is InChI=1S/C10H17NO2S/c1-7-5-14-6-9(7)11-3-8(4-12)2-10(11)13/h7-9,12H,2-6H2,1H3. The van der Waals surface area contributed by atoms with Crippen molar-refractivity contribution in [1.82, 2.24) is 4.90 Å². The van der Waals surface area contributed by atoms with Crippen LogP contribution in [0.1, 0.15) is 13.3 Å². The molecule has 0 bridgehead atoms. The quantitative estimate of drug-likeness (QED) is 0.732. The zero-order chi connectivity index (χ0) is 10.1. The molecule has 4 heteroatoms. The molecule has 14 heavy (non-hydrogen) atoms. The maximum absolute atomic E-state index is 11.7. The van der Waals surface area contributed by atoms with Gasteiger partial charge in [-0.2, -0.15) is 11.8 Å². The molecule has 0 aromatic rings. The van der Waals surface area contributed by atoms with Crippen LogP contribution in [-0.2, 0) is 4.79 Å². The minimum atomic E-state index is 0.149. The number of carbonyl (C=O) groups is 1. The van der Waals surface area contributed by atoms with E-state index >= 15 is 0 Å². The Morgan fingerprint density at radius 3 is 2.86 bits per heavy atom. The lowest BCUT2D eigenvalue weighted by molar-refractivity contribution is -0.129. The van der Waals surface area contributed by atoms with E-state index in [2.05, 4.69) is 6.92 Å². The summed E-state index contributed by atoms with van der Waals surface area (Å²) >= 11 is 1.93. The van der Waals surface area contributed by atoms with E-state index in [0.29, 0.717) is 18.4 Å². The van der Waals surface area contributed by atoms with Gasteiger partial charge in [0.1, 0.15) is 0 Å². The van der Waals surface area contributed by atoms with Gasteiger partial charge in [-0.05, 0) is 11.7 Å². The number of hydrogen-bond acceptors (Lipinski definition) is 3. The molecule has 0 aromatic carbocycles. The number of aliphatic hydroxyl groups excluding tert-OH is 1. The van der Waals surface area contributed by atoms with Crippen molar-refractivity contribution in [2.24, 2.45) is 11.8 Å². The van der Waals surface area contributed by atoms with Crippen LogP contribution < -0.4 is 0 Å². The lowest BCUT2D eigenvalue weighted by atomic mass is 10.1. The van der Waals surface area contributed by atoms with E-state index in [1.807, 2.05) is 16.7 Å². The van der Waals surface area contributed by atoms with Crippen molar-refractivity contribution in [3.05, 3.63) is 0 Å². The van der Waals surface area contributed by atoms with Gasteiger partial charge >= 0.3 is 0 Å². The summed E-state index contributed by atoms with van der Waals surface area (Å²) in [5.41, 5.74) is 0. The predicted octanol–water partition coefficient (Wildman–Crippen LogP) is 0.579. The van der Waals surface area contributed by atoms with Crippen molar-refractivity contribution >= 4 is 17.7 Å². The maximum Gasteiger partial charge on any atom is 0.223 e. The van der Waals surface area contributed by atoms with E-state index in [-0.39, 0.29) is 18.4 Å². The molecule has 2 aliphatic heterocycles. The predicted molar refractivity (Wildman–Crippen MR) is 57.2 cm³/mol. The van der Waals surface area contributed by atoms with Gasteiger partial charge < -0.3 is 10.0 Å². The zero-order valence-electron chi connectivity index (χ0n) is 8.48. The number of thioether (sulfide) groups is 1. The summed E-state index contributed by atoms with van der Waals surface area (Å²) in [5, 5.41) is 9.03. The first-order valence-corrected chi connectivity index (χ1v) is 6.36. The highest BCUT2D eigenvalue weighted by Gasteiger charge is 2.38. The van der Waals surface area contributed by atoms with Crippen LogP contribution in [0.5, 0.6) is 0 Å². The second kappa shape index (κ2) is 4.11. The van der Waals surface area contributed by atoms with Crippen molar-refractivity contribution < 1.29 is 9.90 Å². The van der Waals surface area contributed by atoms with Crippen molar-refractivity contribution in [2.75, 3.05) is 24.7 Å². The van der Waals surface area contributed by atoms with Crippen LogP contribution in [0.4, 0.5) is 0 Å². The third-order valence-corrected chi connectivity index (χ3v) is 4.56. The molecule has 0 aliphatic carbocycles. The van der Waals surface area contributed by atoms with Gasteiger partial charge in [0.2, 0.25) is 5.91 Å². The maximum atomic E-state index is 11.7. The monoisotopic (exact) mass is 215 g/mol. The van der Waals surface area contributed by atoms with Crippen LogP contribution in [0.2, 0.25) is 0 Å². The van der Waals surface area contributed by atoms with E-state index in [0.717, 1.165) is 18.1 Å². The Balaban J connectivity index is 2.00. The first kappa shape index (κ1) is 10.3. The molecule has 3 atom stereocenters. The molecule has 2 fully saturated rings. The fourth-order valence-electron chi connectivity index (χ4n) is 2.30. The number of nitrogens with zero attached hydrogens (tertiary/aromatic N) is 1. The average Bonchev–Trinajstić information content (AvgIpc) is 2.72. The minimum absolute atomic E-state index is 0.149. The molecule has 2 saturated heterocycles.